The number of ether oxygens (including phenoxy) is 1. The van der Waals surface area contributed by atoms with Gasteiger partial charge in [0, 0.05) is 5.69 Å². The Labute approximate surface area is 195 Å². The summed E-state index contributed by atoms with van der Waals surface area (Å²) in [6.45, 7) is 0. The van der Waals surface area contributed by atoms with Crippen LogP contribution in [0.25, 0.3) is 0 Å². The lowest BCUT2D eigenvalue weighted by atomic mass is 10.1. The molecule has 0 fully saturated rings. The van der Waals surface area contributed by atoms with Gasteiger partial charge in [0.25, 0.3) is 0 Å². The van der Waals surface area contributed by atoms with Crippen LogP contribution in [0.2, 0.25) is 10.0 Å². The molecule has 0 saturated heterocycles. The van der Waals surface area contributed by atoms with E-state index in [0.29, 0.717) is 5.75 Å². The van der Waals surface area contributed by atoms with Crippen LogP contribution in [-0.4, -0.2) is 27.5 Å². The first-order valence-corrected chi connectivity index (χ1v) is 11.6. The minimum Gasteiger partial charge on any atom is -0.495 e. The highest BCUT2D eigenvalue weighted by molar-refractivity contribution is 7.89. The molecule has 3 rings (SSSR count). The van der Waals surface area contributed by atoms with E-state index in [9.17, 15) is 17.6 Å². The Kier molecular flexibility index (Phi) is 7.73. The monoisotopic (exact) mass is 496 g/mol. The van der Waals surface area contributed by atoms with Crippen LogP contribution < -0.4 is 14.8 Å². The highest BCUT2D eigenvalue weighted by atomic mass is 35.5. The van der Waals surface area contributed by atoms with E-state index in [1.54, 1.807) is 24.3 Å². The van der Waals surface area contributed by atoms with E-state index < -0.39 is 27.8 Å². The van der Waals surface area contributed by atoms with Crippen molar-refractivity contribution in [2.24, 2.45) is 0 Å². The molecule has 0 radical (unpaired) electrons. The van der Waals surface area contributed by atoms with Crippen molar-refractivity contribution in [2.75, 3.05) is 12.4 Å². The third-order valence-electron chi connectivity index (χ3n) is 4.52. The third-order valence-corrected chi connectivity index (χ3v) is 6.57. The normalized spacial score (nSPS) is 12.2. The number of carbonyl (C=O) groups excluding carboxylic acids is 1. The number of anilines is 1. The molecule has 0 aliphatic rings. The third kappa shape index (κ3) is 5.98. The van der Waals surface area contributed by atoms with Crippen LogP contribution in [0.3, 0.4) is 0 Å². The molecule has 168 valence electrons. The summed E-state index contributed by atoms with van der Waals surface area (Å²) in [4.78, 5) is 12.8. The fraction of sp³-hybridized carbons (Fsp3) is 0.136. The van der Waals surface area contributed by atoms with Crippen molar-refractivity contribution in [3.8, 4) is 5.75 Å². The Bertz CT molecular complexity index is 1220. The van der Waals surface area contributed by atoms with Crippen LogP contribution in [0, 0.1) is 5.82 Å². The number of amides is 1. The Morgan fingerprint density at radius 1 is 1.03 bits per heavy atom. The standard InChI is InChI=1S/C22H19Cl2FN2O4S/c1-31-21-10-8-16(13-18(21)24)32(29,30)27-20(11-14-5-3-2-4-6-14)22(28)26-15-7-9-19(25)17(23)12-15/h2-10,12-13,20,27H,11H2,1H3,(H,26,28). The molecule has 10 heteroatoms. The summed E-state index contributed by atoms with van der Waals surface area (Å²) in [6.07, 6.45) is 0.0741. The van der Waals surface area contributed by atoms with Crippen LogP contribution in [0.5, 0.6) is 5.75 Å². The molecule has 0 bridgehead atoms. The van der Waals surface area contributed by atoms with E-state index in [1.165, 1.54) is 37.4 Å². The number of rotatable bonds is 8. The smallest absolute Gasteiger partial charge is 0.242 e. The van der Waals surface area contributed by atoms with Crippen LogP contribution in [0.15, 0.2) is 71.6 Å². The number of hydrogen-bond acceptors (Lipinski definition) is 4. The van der Waals surface area contributed by atoms with Crippen molar-refractivity contribution in [1.82, 2.24) is 4.72 Å². The Balaban J connectivity index is 1.88. The van der Waals surface area contributed by atoms with Gasteiger partial charge in [-0.3, -0.25) is 4.79 Å². The molecule has 0 spiro atoms. The number of nitrogens with one attached hydrogen (secondary N) is 2. The molecular weight excluding hydrogens is 478 g/mol. The number of methoxy groups -OCH3 is 1. The highest BCUT2D eigenvalue weighted by Crippen LogP contribution is 2.27. The van der Waals surface area contributed by atoms with Gasteiger partial charge in [-0.05, 0) is 48.4 Å². The molecule has 0 heterocycles. The second-order valence-electron chi connectivity index (χ2n) is 6.78. The summed E-state index contributed by atoms with van der Waals surface area (Å²) in [5, 5.41) is 2.51. The van der Waals surface area contributed by atoms with Crippen LogP contribution in [-0.2, 0) is 21.2 Å². The maximum absolute atomic E-state index is 13.4. The Morgan fingerprint density at radius 3 is 2.38 bits per heavy atom. The first-order chi connectivity index (χ1) is 15.2. The summed E-state index contributed by atoms with van der Waals surface area (Å²) in [5.74, 6) is -0.959. The first-order valence-electron chi connectivity index (χ1n) is 9.35. The predicted octanol–water partition coefficient (Wildman–Crippen LogP) is 4.67. The maximum atomic E-state index is 13.4. The molecule has 3 aromatic rings. The van der Waals surface area contributed by atoms with E-state index >= 15 is 0 Å². The lowest BCUT2D eigenvalue weighted by Crippen LogP contribution is -2.45. The number of sulfonamides is 1. The molecule has 0 aliphatic carbocycles. The largest absolute Gasteiger partial charge is 0.495 e. The SMILES string of the molecule is COc1ccc(S(=O)(=O)NC(Cc2ccccc2)C(=O)Nc2ccc(F)c(Cl)c2)cc1Cl. The summed E-state index contributed by atoms with van der Waals surface area (Å²) in [5.41, 5.74) is 0.964. The van der Waals surface area contributed by atoms with Gasteiger partial charge in [0.15, 0.2) is 0 Å². The van der Waals surface area contributed by atoms with E-state index in [1.807, 2.05) is 6.07 Å². The van der Waals surface area contributed by atoms with Crippen molar-refractivity contribution >= 4 is 44.8 Å². The minimum absolute atomic E-state index is 0.0741. The van der Waals surface area contributed by atoms with Gasteiger partial charge >= 0.3 is 0 Å². The predicted molar refractivity (Wildman–Crippen MR) is 122 cm³/mol. The van der Waals surface area contributed by atoms with Crippen molar-refractivity contribution in [3.05, 3.63) is 88.2 Å². The Morgan fingerprint density at radius 2 is 1.75 bits per heavy atom. The fourth-order valence-corrected chi connectivity index (χ4v) is 4.63. The van der Waals surface area contributed by atoms with Gasteiger partial charge in [-0.25, -0.2) is 12.8 Å². The average molecular weight is 497 g/mol. The molecule has 0 aromatic heterocycles. The van der Waals surface area contributed by atoms with E-state index in [-0.39, 0.29) is 27.0 Å². The van der Waals surface area contributed by atoms with Gasteiger partial charge in [0.1, 0.15) is 17.6 Å². The second kappa shape index (κ2) is 10.3. The molecule has 1 amide bonds. The molecule has 3 aromatic carbocycles. The zero-order valence-corrected chi connectivity index (χ0v) is 19.1. The van der Waals surface area contributed by atoms with Gasteiger partial charge in [0.05, 0.1) is 22.1 Å². The summed E-state index contributed by atoms with van der Waals surface area (Å²) in [6, 6.07) is 15.4. The zero-order valence-electron chi connectivity index (χ0n) is 16.8. The van der Waals surface area contributed by atoms with Crippen molar-refractivity contribution in [2.45, 2.75) is 17.4 Å². The minimum atomic E-state index is -4.12. The lowest BCUT2D eigenvalue weighted by molar-refractivity contribution is -0.117. The Hall–Kier alpha value is -2.65. The van der Waals surface area contributed by atoms with Gasteiger partial charge < -0.3 is 10.1 Å². The number of carbonyl (C=O) groups is 1. The second-order valence-corrected chi connectivity index (χ2v) is 9.31. The first kappa shape index (κ1) is 24.0. The zero-order chi connectivity index (χ0) is 23.3. The van der Waals surface area contributed by atoms with E-state index in [2.05, 4.69) is 10.0 Å². The fourth-order valence-electron chi connectivity index (χ4n) is 2.91. The topological polar surface area (TPSA) is 84.5 Å². The van der Waals surface area contributed by atoms with Gasteiger partial charge in [-0.15, -0.1) is 0 Å². The van der Waals surface area contributed by atoms with E-state index in [4.69, 9.17) is 27.9 Å². The van der Waals surface area contributed by atoms with Crippen LogP contribution >= 0.6 is 23.2 Å². The molecule has 0 aliphatic heterocycles. The highest BCUT2D eigenvalue weighted by Gasteiger charge is 2.27. The number of hydrogen-bond donors (Lipinski definition) is 2. The van der Waals surface area contributed by atoms with Crippen LogP contribution in [0.4, 0.5) is 10.1 Å². The number of benzene rings is 3. The van der Waals surface area contributed by atoms with Gasteiger partial charge in [-0.2, -0.15) is 4.72 Å². The summed E-state index contributed by atoms with van der Waals surface area (Å²) >= 11 is 11.8. The molecule has 32 heavy (non-hydrogen) atoms. The molecule has 0 saturated carbocycles. The van der Waals surface area contributed by atoms with E-state index in [0.717, 1.165) is 11.6 Å². The van der Waals surface area contributed by atoms with Gasteiger partial charge in [-0.1, -0.05) is 53.5 Å². The number of halogens is 3. The molecular formula is C22H19Cl2FN2O4S. The molecule has 6 nitrogen and oxygen atoms in total. The van der Waals surface area contributed by atoms with Crippen LogP contribution in [0.1, 0.15) is 5.56 Å². The maximum Gasteiger partial charge on any atom is 0.242 e. The lowest BCUT2D eigenvalue weighted by Gasteiger charge is -2.19. The molecule has 2 N–H and O–H groups in total. The van der Waals surface area contributed by atoms with Gasteiger partial charge in [0.2, 0.25) is 15.9 Å². The summed E-state index contributed by atoms with van der Waals surface area (Å²) < 4.78 is 46.9. The van der Waals surface area contributed by atoms with Crippen molar-refractivity contribution < 1.29 is 22.3 Å². The average Bonchev–Trinajstić information content (AvgIpc) is 2.76. The van der Waals surface area contributed by atoms with Crippen molar-refractivity contribution in [3.63, 3.8) is 0 Å². The van der Waals surface area contributed by atoms with Crippen molar-refractivity contribution in [1.29, 1.82) is 0 Å². The molecule has 1 atom stereocenters. The summed E-state index contributed by atoms with van der Waals surface area (Å²) in [7, 11) is -2.70. The quantitative estimate of drug-likeness (QED) is 0.474. The molecule has 1 unspecified atom stereocenters.